The molecule has 0 spiro atoms. The zero-order valence-corrected chi connectivity index (χ0v) is 7.99. The van der Waals surface area contributed by atoms with Crippen LogP contribution < -0.4 is 5.73 Å². The van der Waals surface area contributed by atoms with Crippen LogP contribution in [-0.4, -0.2) is 16.7 Å². The van der Waals surface area contributed by atoms with Gasteiger partial charge in [-0.15, -0.1) is 0 Å². The highest BCUT2D eigenvalue weighted by atomic mass is 16.5. The summed E-state index contributed by atoms with van der Waals surface area (Å²) in [7, 11) is 0. The third-order valence-electron chi connectivity index (χ3n) is 1.45. The van der Waals surface area contributed by atoms with Gasteiger partial charge in [-0.25, -0.2) is 0 Å². The Kier molecular flexibility index (Phi) is 3.85. The van der Waals surface area contributed by atoms with Crippen molar-refractivity contribution in [1.29, 1.82) is 0 Å². The maximum Gasteiger partial charge on any atom is 0.243 e. The molecule has 13 heavy (non-hydrogen) atoms. The van der Waals surface area contributed by atoms with Gasteiger partial charge in [-0.05, 0) is 13.3 Å². The predicted molar refractivity (Wildman–Crippen MR) is 46.8 cm³/mol. The highest BCUT2D eigenvalue weighted by molar-refractivity contribution is 4.88. The number of hydrogen-bond donors (Lipinski definition) is 1. The number of nitrogens with two attached hydrogens (primary N) is 1. The molecule has 74 valence electrons. The van der Waals surface area contributed by atoms with E-state index in [1.54, 1.807) is 6.92 Å². The van der Waals surface area contributed by atoms with E-state index in [4.69, 9.17) is 15.0 Å². The fourth-order valence-corrected chi connectivity index (χ4v) is 0.819. The summed E-state index contributed by atoms with van der Waals surface area (Å²) in [5.74, 6) is 1.01. The van der Waals surface area contributed by atoms with Gasteiger partial charge in [-0.2, -0.15) is 4.98 Å². The van der Waals surface area contributed by atoms with E-state index in [1.807, 2.05) is 6.92 Å². The van der Waals surface area contributed by atoms with Gasteiger partial charge in [0.2, 0.25) is 5.89 Å². The Morgan fingerprint density at radius 2 is 2.38 bits per heavy atom. The van der Waals surface area contributed by atoms with Crippen molar-refractivity contribution in [3.05, 3.63) is 11.7 Å². The standard InChI is InChI=1S/C8H15N3O2/c1-3-4-12-5-7-10-8(6(2)9)13-11-7/h6H,3-5,9H2,1-2H3/t6-/m1/s1. The average Bonchev–Trinajstić information content (AvgIpc) is 2.53. The van der Waals surface area contributed by atoms with Crippen LogP contribution in [-0.2, 0) is 11.3 Å². The Morgan fingerprint density at radius 1 is 1.62 bits per heavy atom. The van der Waals surface area contributed by atoms with E-state index in [0.717, 1.165) is 6.42 Å². The van der Waals surface area contributed by atoms with Crippen molar-refractivity contribution in [1.82, 2.24) is 10.1 Å². The first-order valence-electron chi connectivity index (χ1n) is 4.39. The van der Waals surface area contributed by atoms with Crippen molar-refractivity contribution in [3.8, 4) is 0 Å². The van der Waals surface area contributed by atoms with Crippen molar-refractivity contribution in [2.24, 2.45) is 5.73 Å². The highest BCUT2D eigenvalue weighted by Crippen LogP contribution is 2.06. The normalized spacial score (nSPS) is 13.2. The topological polar surface area (TPSA) is 74.2 Å². The van der Waals surface area contributed by atoms with E-state index in [2.05, 4.69) is 10.1 Å². The van der Waals surface area contributed by atoms with Gasteiger partial charge in [0.15, 0.2) is 5.82 Å². The van der Waals surface area contributed by atoms with Crippen LogP contribution in [0.25, 0.3) is 0 Å². The molecular formula is C8H15N3O2. The molecule has 0 unspecified atom stereocenters. The minimum atomic E-state index is -0.215. The summed E-state index contributed by atoms with van der Waals surface area (Å²) in [4.78, 5) is 4.05. The monoisotopic (exact) mass is 185 g/mol. The molecule has 1 heterocycles. The molecule has 0 fully saturated rings. The van der Waals surface area contributed by atoms with Gasteiger partial charge in [-0.3, -0.25) is 0 Å². The van der Waals surface area contributed by atoms with Crippen LogP contribution in [0.4, 0.5) is 0 Å². The van der Waals surface area contributed by atoms with Gasteiger partial charge in [-0.1, -0.05) is 12.1 Å². The van der Waals surface area contributed by atoms with Crippen molar-refractivity contribution >= 4 is 0 Å². The summed E-state index contributed by atoms with van der Waals surface area (Å²) in [5, 5.41) is 3.72. The molecular weight excluding hydrogens is 170 g/mol. The van der Waals surface area contributed by atoms with Gasteiger partial charge in [0.25, 0.3) is 0 Å². The fraction of sp³-hybridized carbons (Fsp3) is 0.750. The lowest BCUT2D eigenvalue weighted by Gasteiger charge is -1.96. The average molecular weight is 185 g/mol. The van der Waals surface area contributed by atoms with Crippen molar-refractivity contribution in [3.63, 3.8) is 0 Å². The molecule has 1 aromatic rings. The van der Waals surface area contributed by atoms with Crippen molar-refractivity contribution in [2.45, 2.75) is 32.9 Å². The largest absolute Gasteiger partial charge is 0.373 e. The maximum absolute atomic E-state index is 5.54. The Bertz CT molecular complexity index is 247. The van der Waals surface area contributed by atoms with E-state index in [-0.39, 0.29) is 6.04 Å². The minimum Gasteiger partial charge on any atom is -0.373 e. The van der Waals surface area contributed by atoms with Gasteiger partial charge >= 0.3 is 0 Å². The van der Waals surface area contributed by atoms with Crippen LogP contribution in [0.15, 0.2) is 4.52 Å². The first-order valence-corrected chi connectivity index (χ1v) is 4.39. The molecule has 0 bridgehead atoms. The summed E-state index contributed by atoms with van der Waals surface area (Å²) >= 11 is 0. The van der Waals surface area contributed by atoms with Crippen LogP contribution in [0, 0.1) is 0 Å². The summed E-state index contributed by atoms with van der Waals surface area (Å²) < 4.78 is 10.1. The minimum absolute atomic E-state index is 0.215. The molecule has 0 radical (unpaired) electrons. The second kappa shape index (κ2) is 4.94. The number of hydrogen-bond acceptors (Lipinski definition) is 5. The van der Waals surface area contributed by atoms with E-state index >= 15 is 0 Å². The lowest BCUT2D eigenvalue weighted by Crippen LogP contribution is -2.05. The zero-order chi connectivity index (χ0) is 9.68. The Morgan fingerprint density at radius 3 is 2.92 bits per heavy atom. The lowest BCUT2D eigenvalue weighted by atomic mass is 10.4. The second-order valence-electron chi connectivity index (χ2n) is 2.89. The maximum atomic E-state index is 5.54. The SMILES string of the molecule is CCCOCc1noc([C@@H](C)N)n1. The van der Waals surface area contributed by atoms with Crippen LogP contribution >= 0.6 is 0 Å². The molecule has 5 heteroatoms. The van der Waals surface area contributed by atoms with Crippen LogP contribution in [0.1, 0.15) is 38.0 Å². The van der Waals surface area contributed by atoms with E-state index in [0.29, 0.717) is 24.9 Å². The van der Waals surface area contributed by atoms with Gasteiger partial charge < -0.3 is 15.0 Å². The Balaban J connectivity index is 2.40. The molecule has 0 saturated carbocycles. The van der Waals surface area contributed by atoms with E-state index in [9.17, 15) is 0 Å². The number of ether oxygens (including phenoxy) is 1. The molecule has 2 N–H and O–H groups in total. The number of nitrogens with zero attached hydrogens (tertiary/aromatic N) is 2. The zero-order valence-electron chi connectivity index (χ0n) is 7.99. The van der Waals surface area contributed by atoms with Gasteiger partial charge in [0.05, 0.1) is 6.04 Å². The first-order chi connectivity index (χ1) is 6.24. The fourth-order valence-electron chi connectivity index (χ4n) is 0.819. The predicted octanol–water partition coefficient (Wildman–Crippen LogP) is 1.02. The Labute approximate surface area is 77.3 Å². The molecule has 0 aliphatic rings. The molecule has 1 aromatic heterocycles. The lowest BCUT2D eigenvalue weighted by molar-refractivity contribution is 0.114. The molecule has 5 nitrogen and oxygen atoms in total. The summed E-state index contributed by atoms with van der Waals surface area (Å²) in [6.07, 6.45) is 0.984. The molecule has 1 atom stereocenters. The van der Waals surface area contributed by atoms with Crippen LogP contribution in [0.3, 0.4) is 0 Å². The van der Waals surface area contributed by atoms with Gasteiger partial charge in [0, 0.05) is 6.61 Å². The van der Waals surface area contributed by atoms with Crippen LogP contribution in [0.5, 0.6) is 0 Å². The van der Waals surface area contributed by atoms with E-state index < -0.39 is 0 Å². The smallest absolute Gasteiger partial charge is 0.243 e. The quantitative estimate of drug-likeness (QED) is 0.693. The first kappa shape index (κ1) is 10.1. The number of aromatic nitrogens is 2. The summed E-state index contributed by atoms with van der Waals surface area (Å²) in [6, 6.07) is -0.215. The van der Waals surface area contributed by atoms with Crippen molar-refractivity contribution in [2.75, 3.05) is 6.61 Å². The number of rotatable bonds is 5. The molecule has 0 saturated heterocycles. The third-order valence-corrected chi connectivity index (χ3v) is 1.45. The molecule has 0 amide bonds. The Hall–Kier alpha value is -0.940. The van der Waals surface area contributed by atoms with Crippen molar-refractivity contribution < 1.29 is 9.26 Å². The summed E-state index contributed by atoms with van der Waals surface area (Å²) in [6.45, 7) is 4.94. The molecule has 0 aliphatic carbocycles. The molecule has 1 rings (SSSR count). The highest BCUT2D eigenvalue weighted by Gasteiger charge is 2.09. The van der Waals surface area contributed by atoms with Crippen LogP contribution in [0.2, 0.25) is 0 Å². The molecule has 0 aliphatic heterocycles. The molecule has 0 aromatic carbocycles. The van der Waals surface area contributed by atoms with E-state index in [1.165, 1.54) is 0 Å². The van der Waals surface area contributed by atoms with Gasteiger partial charge in [0.1, 0.15) is 6.61 Å². The third kappa shape index (κ3) is 3.12. The second-order valence-corrected chi connectivity index (χ2v) is 2.89. The summed E-state index contributed by atoms with van der Waals surface area (Å²) in [5.41, 5.74) is 5.54.